The van der Waals surface area contributed by atoms with Crippen molar-refractivity contribution >= 4 is 0 Å². The van der Waals surface area contributed by atoms with Crippen molar-refractivity contribution in [2.75, 3.05) is 6.54 Å². The zero-order chi connectivity index (χ0) is 13.0. The van der Waals surface area contributed by atoms with E-state index >= 15 is 0 Å². The second-order valence-corrected chi connectivity index (χ2v) is 4.52. The summed E-state index contributed by atoms with van der Waals surface area (Å²) in [5, 5.41) is 7.47. The highest BCUT2D eigenvalue weighted by molar-refractivity contribution is 5.24. The van der Waals surface area contributed by atoms with Gasteiger partial charge in [0, 0.05) is 24.0 Å². The second kappa shape index (κ2) is 5.78. The maximum Gasteiger partial charge on any atom is 0.138 e. The summed E-state index contributed by atoms with van der Waals surface area (Å²) in [6.07, 6.45) is 4.65. The molecule has 0 aliphatic carbocycles. The first-order valence-corrected chi connectivity index (χ1v) is 6.23. The molecule has 1 atom stereocenters. The van der Waals surface area contributed by atoms with E-state index in [2.05, 4.69) is 22.4 Å². The number of hydrogen-bond donors (Lipinski definition) is 1. The van der Waals surface area contributed by atoms with Crippen molar-refractivity contribution < 1.29 is 4.52 Å². The third-order valence-electron chi connectivity index (χ3n) is 3.14. The van der Waals surface area contributed by atoms with Gasteiger partial charge in [-0.1, -0.05) is 5.16 Å². The van der Waals surface area contributed by atoms with Gasteiger partial charge in [0.25, 0.3) is 0 Å². The topological polar surface area (TPSA) is 51.0 Å². The van der Waals surface area contributed by atoms with E-state index in [0.717, 1.165) is 24.4 Å². The molecule has 4 heteroatoms. The summed E-state index contributed by atoms with van der Waals surface area (Å²) in [6, 6.07) is 4.35. The molecule has 0 aliphatic rings. The van der Waals surface area contributed by atoms with Gasteiger partial charge in [0.1, 0.15) is 5.76 Å². The summed E-state index contributed by atoms with van der Waals surface area (Å²) in [6.45, 7) is 7.00. The standard InChI is InChI=1S/C14H19N3O/c1-10(14-11(2)17-18-12(14)3)16-9-6-13-4-7-15-8-5-13/h4-5,7-8,10,16H,6,9H2,1-3H3. The average Bonchev–Trinajstić information content (AvgIpc) is 2.70. The molecular formula is C14H19N3O. The van der Waals surface area contributed by atoms with Crippen molar-refractivity contribution in [1.82, 2.24) is 15.5 Å². The summed E-state index contributed by atoms with van der Waals surface area (Å²) < 4.78 is 5.18. The van der Waals surface area contributed by atoms with E-state index in [9.17, 15) is 0 Å². The number of nitrogens with one attached hydrogen (secondary N) is 1. The van der Waals surface area contributed by atoms with Gasteiger partial charge < -0.3 is 9.84 Å². The lowest BCUT2D eigenvalue weighted by Crippen LogP contribution is -2.22. The van der Waals surface area contributed by atoms with Gasteiger partial charge in [0.05, 0.1) is 5.69 Å². The third-order valence-corrected chi connectivity index (χ3v) is 3.14. The van der Waals surface area contributed by atoms with Crippen molar-refractivity contribution in [2.45, 2.75) is 33.2 Å². The smallest absolute Gasteiger partial charge is 0.138 e. The van der Waals surface area contributed by atoms with Crippen LogP contribution in [0.1, 0.15) is 35.5 Å². The quantitative estimate of drug-likeness (QED) is 0.879. The van der Waals surface area contributed by atoms with E-state index in [1.807, 2.05) is 38.4 Å². The fourth-order valence-electron chi connectivity index (χ4n) is 2.19. The molecule has 4 nitrogen and oxygen atoms in total. The van der Waals surface area contributed by atoms with E-state index in [0.29, 0.717) is 0 Å². The number of hydrogen-bond acceptors (Lipinski definition) is 4. The van der Waals surface area contributed by atoms with Gasteiger partial charge in [0.2, 0.25) is 0 Å². The van der Waals surface area contributed by atoms with Crippen LogP contribution < -0.4 is 5.32 Å². The largest absolute Gasteiger partial charge is 0.361 e. The monoisotopic (exact) mass is 245 g/mol. The maximum atomic E-state index is 5.18. The first-order valence-electron chi connectivity index (χ1n) is 6.23. The highest BCUT2D eigenvalue weighted by atomic mass is 16.5. The third kappa shape index (κ3) is 2.96. The van der Waals surface area contributed by atoms with Gasteiger partial charge in [-0.3, -0.25) is 4.98 Å². The van der Waals surface area contributed by atoms with E-state index in [1.165, 1.54) is 11.1 Å². The minimum atomic E-state index is 0.262. The van der Waals surface area contributed by atoms with Crippen LogP contribution in [-0.2, 0) is 6.42 Å². The number of aromatic nitrogens is 2. The van der Waals surface area contributed by atoms with Gasteiger partial charge in [-0.25, -0.2) is 0 Å². The van der Waals surface area contributed by atoms with E-state index in [4.69, 9.17) is 4.52 Å². The summed E-state index contributed by atoms with van der Waals surface area (Å²) in [5.41, 5.74) is 3.43. The van der Waals surface area contributed by atoms with E-state index in [1.54, 1.807) is 0 Å². The lowest BCUT2D eigenvalue weighted by molar-refractivity contribution is 0.390. The van der Waals surface area contributed by atoms with Gasteiger partial charge in [-0.2, -0.15) is 0 Å². The van der Waals surface area contributed by atoms with Crippen molar-refractivity contribution in [3.63, 3.8) is 0 Å². The second-order valence-electron chi connectivity index (χ2n) is 4.52. The molecular weight excluding hydrogens is 226 g/mol. The molecule has 0 spiro atoms. The Morgan fingerprint density at radius 1 is 1.28 bits per heavy atom. The Balaban J connectivity index is 1.88. The Hall–Kier alpha value is -1.68. The van der Waals surface area contributed by atoms with Crippen LogP contribution >= 0.6 is 0 Å². The molecule has 0 aliphatic heterocycles. The predicted octanol–water partition coefficient (Wildman–Crippen LogP) is 2.58. The summed E-state index contributed by atoms with van der Waals surface area (Å²) in [5.74, 6) is 0.899. The Kier molecular flexibility index (Phi) is 4.10. The molecule has 1 unspecified atom stereocenters. The Morgan fingerprint density at radius 3 is 2.61 bits per heavy atom. The van der Waals surface area contributed by atoms with Crippen LogP contribution in [0.3, 0.4) is 0 Å². The summed E-state index contributed by atoms with van der Waals surface area (Å²) >= 11 is 0. The van der Waals surface area contributed by atoms with Crippen LogP contribution in [0.15, 0.2) is 29.0 Å². The van der Waals surface area contributed by atoms with Crippen LogP contribution in [0, 0.1) is 13.8 Å². The molecule has 0 radical (unpaired) electrons. The SMILES string of the molecule is Cc1noc(C)c1C(C)NCCc1ccncc1. The zero-order valence-electron chi connectivity index (χ0n) is 11.1. The predicted molar refractivity (Wildman–Crippen MR) is 70.3 cm³/mol. The van der Waals surface area contributed by atoms with Crippen LogP contribution in [-0.4, -0.2) is 16.7 Å². The summed E-state index contributed by atoms with van der Waals surface area (Å²) in [4.78, 5) is 4.01. The Labute approximate surface area is 107 Å². The molecule has 0 saturated heterocycles. The van der Waals surface area contributed by atoms with Crippen molar-refractivity contribution in [3.05, 3.63) is 47.1 Å². The molecule has 0 fully saturated rings. The van der Waals surface area contributed by atoms with Crippen LogP contribution in [0.4, 0.5) is 0 Å². The first kappa shape index (κ1) is 12.8. The molecule has 2 rings (SSSR count). The number of rotatable bonds is 5. The molecule has 1 N–H and O–H groups in total. The molecule has 0 bridgehead atoms. The Bertz CT molecular complexity index is 473. The van der Waals surface area contributed by atoms with Gasteiger partial charge in [0.15, 0.2) is 0 Å². The first-order chi connectivity index (χ1) is 8.68. The normalized spacial score (nSPS) is 12.6. The Morgan fingerprint density at radius 2 is 2.00 bits per heavy atom. The molecule has 2 aromatic heterocycles. The van der Waals surface area contributed by atoms with Gasteiger partial charge in [-0.05, 0) is 51.4 Å². The lowest BCUT2D eigenvalue weighted by atomic mass is 10.1. The molecule has 0 amide bonds. The van der Waals surface area contributed by atoms with Crippen LogP contribution in [0.25, 0.3) is 0 Å². The summed E-state index contributed by atoms with van der Waals surface area (Å²) in [7, 11) is 0. The van der Waals surface area contributed by atoms with E-state index in [-0.39, 0.29) is 6.04 Å². The zero-order valence-corrected chi connectivity index (χ0v) is 11.1. The maximum absolute atomic E-state index is 5.18. The highest BCUT2D eigenvalue weighted by Gasteiger charge is 2.15. The lowest BCUT2D eigenvalue weighted by Gasteiger charge is -2.13. The van der Waals surface area contributed by atoms with Crippen LogP contribution in [0.2, 0.25) is 0 Å². The molecule has 0 aromatic carbocycles. The minimum absolute atomic E-state index is 0.262. The van der Waals surface area contributed by atoms with Crippen molar-refractivity contribution in [1.29, 1.82) is 0 Å². The number of nitrogens with zero attached hydrogens (tertiary/aromatic N) is 2. The molecule has 18 heavy (non-hydrogen) atoms. The highest BCUT2D eigenvalue weighted by Crippen LogP contribution is 2.20. The number of pyridine rings is 1. The van der Waals surface area contributed by atoms with Crippen molar-refractivity contribution in [3.8, 4) is 0 Å². The molecule has 2 aromatic rings. The van der Waals surface area contributed by atoms with Gasteiger partial charge >= 0.3 is 0 Å². The van der Waals surface area contributed by atoms with Crippen LogP contribution in [0.5, 0.6) is 0 Å². The average molecular weight is 245 g/mol. The number of aryl methyl sites for hydroxylation is 2. The minimum Gasteiger partial charge on any atom is -0.361 e. The van der Waals surface area contributed by atoms with E-state index < -0.39 is 0 Å². The fourth-order valence-corrected chi connectivity index (χ4v) is 2.19. The molecule has 96 valence electrons. The van der Waals surface area contributed by atoms with Crippen molar-refractivity contribution in [2.24, 2.45) is 0 Å². The van der Waals surface area contributed by atoms with Gasteiger partial charge in [-0.15, -0.1) is 0 Å². The molecule has 0 saturated carbocycles. The fraction of sp³-hybridized carbons (Fsp3) is 0.429. The molecule has 2 heterocycles.